The zero-order valence-electron chi connectivity index (χ0n) is 11.9. The molecule has 2 nitrogen and oxygen atoms in total. The summed E-state index contributed by atoms with van der Waals surface area (Å²) in [7, 11) is 1.59. The molecule has 0 saturated heterocycles. The number of hydrogen-bond acceptors (Lipinski definition) is 2. The Labute approximate surface area is 119 Å². The fraction of sp³-hybridized carbons (Fsp3) is 0.294. The van der Waals surface area contributed by atoms with Gasteiger partial charge in [0.2, 0.25) is 0 Å². The summed E-state index contributed by atoms with van der Waals surface area (Å²) in [6.07, 6.45) is 0.934. The normalized spacial score (nSPS) is 12.2. The molecule has 0 bridgehead atoms. The van der Waals surface area contributed by atoms with E-state index in [-0.39, 0.29) is 5.82 Å². The van der Waals surface area contributed by atoms with E-state index < -0.39 is 0 Å². The maximum Gasteiger partial charge on any atom is 0.126 e. The van der Waals surface area contributed by atoms with Crippen LogP contribution in [0.4, 0.5) is 4.39 Å². The van der Waals surface area contributed by atoms with E-state index in [1.807, 2.05) is 12.1 Å². The molecule has 2 N–H and O–H groups in total. The molecule has 0 amide bonds. The van der Waals surface area contributed by atoms with Gasteiger partial charge in [-0.1, -0.05) is 31.2 Å². The Morgan fingerprint density at radius 2 is 2.00 bits per heavy atom. The summed E-state index contributed by atoms with van der Waals surface area (Å²) in [5.41, 5.74) is 8.55. The third kappa shape index (κ3) is 3.17. The van der Waals surface area contributed by atoms with Gasteiger partial charge in [0.25, 0.3) is 0 Å². The molecule has 0 spiro atoms. The minimum atomic E-state index is -0.263. The highest BCUT2D eigenvalue weighted by Crippen LogP contribution is 2.32. The van der Waals surface area contributed by atoms with Gasteiger partial charge in [0.1, 0.15) is 11.6 Å². The molecule has 0 heterocycles. The maximum absolute atomic E-state index is 13.5. The maximum atomic E-state index is 13.5. The van der Waals surface area contributed by atoms with Crippen molar-refractivity contribution in [3.63, 3.8) is 0 Å². The molecule has 0 radical (unpaired) electrons. The van der Waals surface area contributed by atoms with Crippen LogP contribution < -0.4 is 10.5 Å². The number of rotatable bonds is 5. The van der Waals surface area contributed by atoms with Gasteiger partial charge in [-0.25, -0.2) is 4.39 Å². The van der Waals surface area contributed by atoms with Gasteiger partial charge in [0.15, 0.2) is 0 Å². The van der Waals surface area contributed by atoms with Crippen LogP contribution in [0, 0.1) is 5.82 Å². The fourth-order valence-electron chi connectivity index (χ4n) is 2.34. The number of nitrogens with two attached hydrogens (primary N) is 1. The lowest BCUT2D eigenvalue weighted by molar-refractivity contribution is 0.415. The lowest BCUT2D eigenvalue weighted by Gasteiger charge is -2.14. The highest BCUT2D eigenvalue weighted by molar-refractivity contribution is 5.71. The standard InChI is InChI=1S/C17H20FNO/c1-12(8-9-19)13-4-3-5-14(10-13)16-11-15(18)6-7-17(16)20-2/h3-7,10-12H,8-9,19H2,1-2H3. The van der Waals surface area contributed by atoms with Crippen LogP contribution in [0.5, 0.6) is 5.75 Å². The topological polar surface area (TPSA) is 35.2 Å². The van der Waals surface area contributed by atoms with E-state index in [2.05, 4.69) is 19.1 Å². The number of methoxy groups -OCH3 is 1. The molecule has 2 aromatic rings. The van der Waals surface area contributed by atoms with E-state index in [0.717, 1.165) is 17.5 Å². The van der Waals surface area contributed by atoms with Crippen molar-refractivity contribution in [2.75, 3.05) is 13.7 Å². The molecular weight excluding hydrogens is 253 g/mol. The quantitative estimate of drug-likeness (QED) is 0.895. The zero-order chi connectivity index (χ0) is 14.5. The van der Waals surface area contributed by atoms with E-state index in [0.29, 0.717) is 18.2 Å². The van der Waals surface area contributed by atoms with E-state index in [9.17, 15) is 4.39 Å². The third-order valence-electron chi connectivity index (χ3n) is 3.53. The van der Waals surface area contributed by atoms with Gasteiger partial charge in [0.05, 0.1) is 7.11 Å². The van der Waals surface area contributed by atoms with Crippen LogP contribution in [0.3, 0.4) is 0 Å². The van der Waals surface area contributed by atoms with Crippen LogP contribution in [0.2, 0.25) is 0 Å². The molecule has 0 aliphatic carbocycles. The van der Waals surface area contributed by atoms with Gasteiger partial charge in [-0.05, 0) is 48.2 Å². The van der Waals surface area contributed by atoms with Crippen molar-refractivity contribution >= 4 is 0 Å². The smallest absolute Gasteiger partial charge is 0.126 e. The summed E-state index contributed by atoms with van der Waals surface area (Å²) in [5.74, 6) is 0.802. The van der Waals surface area contributed by atoms with Crippen molar-refractivity contribution < 1.29 is 9.13 Å². The fourth-order valence-corrected chi connectivity index (χ4v) is 2.34. The first-order valence-corrected chi connectivity index (χ1v) is 6.79. The van der Waals surface area contributed by atoms with E-state index in [1.165, 1.54) is 17.7 Å². The van der Waals surface area contributed by atoms with Crippen molar-refractivity contribution in [1.29, 1.82) is 0 Å². The Morgan fingerprint density at radius 3 is 2.70 bits per heavy atom. The monoisotopic (exact) mass is 273 g/mol. The van der Waals surface area contributed by atoms with Crippen molar-refractivity contribution in [2.45, 2.75) is 19.3 Å². The summed E-state index contributed by atoms with van der Waals surface area (Å²) >= 11 is 0. The molecule has 20 heavy (non-hydrogen) atoms. The lowest BCUT2D eigenvalue weighted by atomic mass is 9.94. The number of halogens is 1. The van der Waals surface area contributed by atoms with Crippen molar-refractivity contribution in [3.05, 3.63) is 53.8 Å². The molecule has 3 heteroatoms. The van der Waals surface area contributed by atoms with Gasteiger partial charge in [-0.3, -0.25) is 0 Å². The Kier molecular flexibility index (Phi) is 4.74. The minimum Gasteiger partial charge on any atom is -0.496 e. The van der Waals surface area contributed by atoms with Crippen LogP contribution in [0.1, 0.15) is 24.8 Å². The third-order valence-corrected chi connectivity index (χ3v) is 3.53. The molecule has 1 unspecified atom stereocenters. The molecular formula is C17H20FNO. The zero-order valence-corrected chi connectivity index (χ0v) is 11.9. The van der Waals surface area contributed by atoms with Gasteiger partial charge < -0.3 is 10.5 Å². The number of ether oxygens (including phenoxy) is 1. The second-order valence-corrected chi connectivity index (χ2v) is 4.95. The molecule has 0 aliphatic rings. The Balaban J connectivity index is 2.43. The molecule has 0 saturated carbocycles. The summed E-state index contributed by atoms with van der Waals surface area (Å²) in [6.45, 7) is 2.81. The lowest BCUT2D eigenvalue weighted by Crippen LogP contribution is -2.04. The van der Waals surface area contributed by atoms with E-state index in [1.54, 1.807) is 13.2 Å². The first-order chi connectivity index (χ1) is 9.65. The number of benzene rings is 2. The summed E-state index contributed by atoms with van der Waals surface area (Å²) in [4.78, 5) is 0. The van der Waals surface area contributed by atoms with Gasteiger partial charge in [-0.2, -0.15) is 0 Å². The summed E-state index contributed by atoms with van der Waals surface area (Å²) < 4.78 is 18.8. The SMILES string of the molecule is COc1ccc(F)cc1-c1cccc(C(C)CCN)c1. The molecule has 106 valence electrons. The summed E-state index contributed by atoms with van der Waals surface area (Å²) in [5, 5.41) is 0. The molecule has 2 aromatic carbocycles. The van der Waals surface area contributed by atoms with E-state index in [4.69, 9.17) is 10.5 Å². The van der Waals surface area contributed by atoms with Crippen molar-refractivity contribution in [1.82, 2.24) is 0 Å². The molecule has 1 atom stereocenters. The van der Waals surface area contributed by atoms with Gasteiger partial charge >= 0.3 is 0 Å². The predicted molar refractivity (Wildman–Crippen MR) is 80.5 cm³/mol. The first kappa shape index (κ1) is 14.5. The Bertz CT molecular complexity index is 583. The summed E-state index contributed by atoms with van der Waals surface area (Å²) in [6, 6.07) is 12.7. The number of hydrogen-bond donors (Lipinski definition) is 1. The molecule has 0 aliphatic heterocycles. The van der Waals surface area contributed by atoms with Gasteiger partial charge in [-0.15, -0.1) is 0 Å². The second-order valence-electron chi connectivity index (χ2n) is 4.95. The van der Waals surface area contributed by atoms with Crippen molar-refractivity contribution in [3.8, 4) is 16.9 Å². The predicted octanol–water partition coefficient (Wildman–Crippen LogP) is 3.95. The van der Waals surface area contributed by atoms with Gasteiger partial charge in [0, 0.05) is 5.56 Å². The van der Waals surface area contributed by atoms with Crippen LogP contribution in [-0.2, 0) is 0 Å². The second kappa shape index (κ2) is 6.53. The first-order valence-electron chi connectivity index (χ1n) is 6.79. The highest BCUT2D eigenvalue weighted by Gasteiger charge is 2.10. The highest BCUT2D eigenvalue weighted by atomic mass is 19.1. The average molecular weight is 273 g/mol. The molecule has 0 fully saturated rings. The average Bonchev–Trinajstić information content (AvgIpc) is 2.47. The van der Waals surface area contributed by atoms with Crippen LogP contribution in [-0.4, -0.2) is 13.7 Å². The Morgan fingerprint density at radius 1 is 1.20 bits per heavy atom. The Hall–Kier alpha value is -1.87. The van der Waals surface area contributed by atoms with Crippen LogP contribution in [0.15, 0.2) is 42.5 Å². The van der Waals surface area contributed by atoms with Crippen LogP contribution in [0.25, 0.3) is 11.1 Å². The molecule has 2 rings (SSSR count). The molecule has 0 aromatic heterocycles. The van der Waals surface area contributed by atoms with E-state index >= 15 is 0 Å². The largest absolute Gasteiger partial charge is 0.496 e. The van der Waals surface area contributed by atoms with Crippen molar-refractivity contribution in [2.24, 2.45) is 5.73 Å². The van der Waals surface area contributed by atoms with Crippen LogP contribution >= 0.6 is 0 Å². The minimum absolute atomic E-state index is 0.263.